The third-order valence-corrected chi connectivity index (χ3v) is 2.88. The summed E-state index contributed by atoms with van der Waals surface area (Å²) in [6.45, 7) is 1.78. The molecule has 2 aliphatic heterocycles. The van der Waals surface area contributed by atoms with Crippen LogP contribution in [-0.4, -0.2) is 46.5 Å². The minimum absolute atomic E-state index is 0.477. The summed E-state index contributed by atoms with van der Waals surface area (Å²) < 4.78 is 0. The van der Waals surface area contributed by atoms with E-state index in [1.165, 1.54) is 12.8 Å². The van der Waals surface area contributed by atoms with Crippen LogP contribution in [-0.2, 0) is 0 Å². The highest BCUT2D eigenvalue weighted by Gasteiger charge is 2.35. The second-order valence-corrected chi connectivity index (χ2v) is 3.66. The Balaban J connectivity index is 2.00. The minimum atomic E-state index is -0.510. The Morgan fingerprint density at radius 3 is 2.82 bits per heavy atom. The van der Waals surface area contributed by atoms with E-state index in [2.05, 4.69) is 4.90 Å². The number of piperidine rings is 1. The van der Waals surface area contributed by atoms with Crippen molar-refractivity contribution in [3.05, 3.63) is 0 Å². The zero-order valence-electron chi connectivity index (χ0n) is 6.61. The summed E-state index contributed by atoms with van der Waals surface area (Å²) in [6, 6.07) is 0.549. The van der Waals surface area contributed by atoms with E-state index in [1.54, 1.807) is 0 Å². The third-order valence-electron chi connectivity index (χ3n) is 2.88. The zero-order valence-corrected chi connectivity index (χ0v) is 6.61. The molecule has 3 atom stereocenters. The topological polar surface area (TPSA) is 43.7 Å². The SMILES string of the molecule is O[C@@H]1C[C@@H]2CCCN2C[C@H]1O. The van der Waals surface area contributed by atoms with Crippen LogP contribution in [0.2, 0.25) is 0 Å². The molecule has 0 unspecified atom stereocenters. The molecule has 11 heavy (non-hydrogen) atoms. The second kappa shape index (κ2) is 2.73. The molecular formula is C8H15NO2. The van der Waals surface area contributed by atoms with Gasteiger partial charge in [-0.3, -0.25) is 4.90 Å². The van der Waals surface area contributed by atoms with E-state index in [9.17, 15) is 10.2 Å². The van der Waals surface area contributed by atoms with Crippen molar-refractivity contribution >= 4 is 0 Å². The van der Waals surface area contributed by atoms with Gasteiger partial charge in [0.15, 0.2) is 0 Å². The van der Waals surface area contributed by atoms with Crippen molar-refractivity contribution < 1.29 is 10.2 Å². The van der Waals surface area contributed by atoms with Gasteiger partial charge in [0, 0.05) is 12.6 Å². The number of nitrogens with zero attached hydrogens (tertiary/aromatic N) is 1. The Morgan fingerprint density at radius 1 is 1.18 bits per heavy atom. The monoisotopic (exact) mass is 157 g/mol. The average molecular weight is 157 g/mol. The van der Waals surface area contributed by atoms with Crippen LogP contribution in [0.3, 0.4) is 0 Å². The van der Waals surface area contributed by atoms with Gasteiger partial charge in [0.05, 0.1) is 12.2 Å². The third kappa shape index (κ3) is 1.28. The first-order valence-corrected chi connectivity index (χ1v) is 4.37. The molecule has 2 heterocycles. The molecule has 0 aliphatic carbocycles. The zero-order chi connectivity index (χ0) is 7.84. The van der Waals surface area contributed by atoms with Gasteiger partial charge in [-0.15, -0.1) is 0 Å². The molecule has 3 nitrogen and oxygen atoms in total. The smallest absolute Gasteiger partial charge is 0.0926 e. The highest BCUT2D eigenvalue weighted by molar-refractivity contribution is 4.90. The average Bonchev–Trinajstić information content (AvgIpc) is 2.36. The standard InChI is InChI=1S/C8H15NO2/c10-7-4-6-2-1-3-9(6)5-8(7)11/h6-8,10-11H,1-5H2/t6-,7+,8+/m0/s1. The lowest BCUT2D eigenvalue weighted by Gasteiger charge is -2.35. The first-order valence-electron chi connectivity index (χ1n) is 4.37. The largest absolute Gasteiger partial charge is 0.390 e. The minimum Gasteiger partial charge on any atom is -0.390 e. The van der Waals surface area contributed by atoms with Crippen LogP contribution in [0.5, 0.6) is 0 Å². The molecule has 2 N–H and O–H groups in total. The number of aliphatic hydroxyl groups excluding tert-OH is 2. The van der Waals surface area contributed by atoms with Gasteiger partial charge in [-0.25, -0.2) is 0 Å². The molecule has 3 heteroatoms. The maximum absolute atomic E-state index is 9.35. The van der Waals surface area contributed by atoms with Crippen LogP contribution in [0.15, 0.2) is 0 Å². The predicted molar refractivity (Wildman–Crippen MR) is 41.2 cm³/mol. The summed E-state index contributed by atoms with van der Waals surface area (Å²) in [6.07, 6.45) is 2.20. The number of hydrogen-bond donors (Lipinski definition) is 2. The lowest BCUT2D eigenvalue weighted by molar-refractivity contribution is -0.0501. The van der Waals surface area contributed by atoms with E-state index in [1.807, 2.05) is 0 Å². The molecule has 0 amide bonds. The van der Waals surface area contributed by atoms with Crippen molar-refractivity contribution in [2.24, 2.45) is 0 Å². The lowest BCUT2D eigenvalue weighted by atomic mass is 9.98. The number of rotatable bonds is 0. The van der Waals surface area contributed by atoms with Gasteiger partial charge in [-0.1, -0.05) is 0 Å². The maximum atomic E-state index is 9.35. The van der Waals surface area contributed by atoms with Gasteiger partial charge < -0.3 is 10.2 Å². The molecule has 0 aromatic carbocycles. The van der Waals surface area contributed by atoms with E-state index >= 15 is 0 Å². The molecule has 2 aliphatic rings. The predicted octanol–water partition coefficient (Wildman–Crippen LogP) is -0.424. The Morgan fingerprint density at radius 2 is 2.00 bits per heavy atom. The van der Waals surface area contributed by atoms with E-state index in [-0.39, 0.29) is 0 Å². The molecule has 2 saturated heterocycles. The fraction of sp³-hybridized carbons (Fsp3) is 1.00. The van der Waals surface area contributed by atoms with Crippen molar-refractivity contribution in [1.82, 2.24) is 4.90 Å². The molecule has 2 rings (SSSR count). The fourth-order valence-electron chi connectivity index (χ4n) is 2.20. The highest BCUT2D eigenvalue weighted by Crippen LogP contribution is 2.26. The number of fused-ring (bicyclic) bond motifs is 1. The summed E-state index contributed by atoms with van der Waals surface area (Å²) in [5.41, 5.74) is 0. The Labute approximate surface area is 66.6 Å². The molecule has 0 spiro atoms. The first kappa shape index (κ1) is 7.53. The van der Waals surface area contributed by atoms with E-state index in [0.717, 1.165) is 13.0 Å². The van der Waals surface area contributed by atoms with E-state index < -0.39 is 12.2 Å². The van der Waals surface area contributed by atoms with Gasteiger partial charge in [0.25, 0.3) is 0 Å². The number of aliphatic hydroxyl groups is 2. The Bertz CT molecular complexity index is 135. The summed E-state index contributed by atoms with van der Waals surface area (Å²) in [5.74, 6) is 0. The van der Waals surface area contributed by atoms with Crippen molar-refractivity contribution in [1.29, 1.82) is 0 Å². The maximum Gasteiger partial charge on any atom is 0.0926 e. The van der Waals surface area contributed by atoms with Crippen molar-refractivity contribution in [3.63, 3.8) is 0 Å². The van der Waals surface area contributed by atoms with Gasteiger partial charge in [-0.2, -0.15) is 0 Å². The van der Waals surface area contributed by atoms with Crippen molar-refractivity contribution in [3.8, 4) is 0 Å². The Hall–Kier alpha value is -0.120. The summed E-state index contributed by atoms with van der Waals surface area (Å²) in [4.78, 5) is 2.29. The van der Waals surface area contributed by atoms with Crippen molar-refractivity contribution in [2.75, 3.05) is 13.1 Å². The van der Waals surface area contributed by atoms with Crippen LogP contribution in [0.4, 0.5) is 0 Å². The molecular weight excluding hydrogens is 142 g/mol. The van der Waals surface area contributed by atoms with Gasteiger partial charge in [-0.05, 0) is 25.8 Å². The lowest BCUT2D eigenvalue weighted by Crippen LogP contribution is -2.49. The van der Waals surface area contributed by atoms with Gasteiger partial charge >= 0.3 is 0 Å². The van der Waals surface area contributed by atoms with Crippen LogP contribution >= 0.6 is 0 Å². The Kier molecular flexibility index (Phi) is 1.87. The summed E-state index contributed by atoms with van der Waals surface area (Å²) in [7, 11) is 0. The summed E-state index contributed by atoms with van der Waals surface area (Å²) in [5, 5.41) is 18.7. The fourth-order valence-corrected chi connectivity index (χ4v) is 2.20. The van der Waals surface area contributed by atoms with E-state index in [4.69, 9.17) is 0 Å². The van der Waals surface area contributed by atoms with E-state index in [0.29, 0.717) is 12.6 Å². The van der Waals surface area contributed by atoms with Crippen molar-refractivity contribution in [2.45, 2.75) is 37.5 Å². The second-order valence-electron chi connectivity index (χ2n) is 3.66. The van der Waals surface area contributed by atoms with Gasteiger partial charge in [0.2, 0.25) is 0 Å². The normalized spacial score (nSPS) is 45.8. The summed E-state index contributed by atoms with van der Waals surface area (Å²) >= 11 is 0. The first-order chi connectivity index (χ1) is 5.27. The molecule has 0 aromatic heterocycles. The van der Waals surface area contributed by atoms with Crippen LogP contribution in [0.1, 0.15) is 19.3 Å². The quantitative estimate of drug-likeness (QED) is 0.502. The highest BCUT2D eigenvalue weighted by atomic mass is 16.3. The molecule has 0 radical (unpaired) electrons. The number of hydrogen-bond acceptors (Lipinski definition) is 3. The van der Waals surface area contributed by atoms with Crippen LogP contribution < -0.4 is 0 Å². The van der Waals surface area contributed by atoms with Crippen LogP contribution in [0.25, 0.3) is 0 Å². The molecule has 2 fully saturated rings. The van der Waals surface area contributed by atoms with Crippen LogP contribution in [0, 0.1) is 0 Å². The van der Waals surface area contributed by atoms with Gasteiger partial charge in [0.1, 0.15) is 0 Å². The molecule has 0 saturated carbocycles. The molecule has 64 valence electrons. The molecule has 0 aromatic rings. The molecule has 0 bridgehead atoms.